The number of hydrogen-bond donors (Lipinski definition) is 1. The van der Waals surface area contributed by atoms with Gasteiger partial charge in [0.05, 0.1) is 11.9 Å². The van der Waals surface area contributed by atoms with Crippen molar-refractivity contribution in [2.75, 3.05) is 23.7 Å². The van der Waals surface area contributed by atoms with Gasteiger partial charge < -0.3 is 5.32 Å². The fraction of sp³-hybridized carbons (Fsp3) is 0.409. The van der Waals surface area contributed by atoms with Crippen LogP contribution in [-0.2, 0) is 21.2 Å². The highest BCUT2D eigenvalue weighted by Crippen LogP contribution is 2.18. The molecule has 0 saturated carbocycles. The van der Waals surface area contributed by atoms with Crippen LogP contribution in [0.1, 0.15) is 42.9 Å². The molecule has 2 aromatic rings. The summed E-state index contributed by atoms with van der Waals surface area (Å²) in [5.74, 6) is 0.209. The number of aryl methyl sites for hydroxylation is 2. The minimum Gasteiger partial charge on any atom is -0.355 e. The first-order valence-electron chi connectivity index (χ1n) is 9.56. The van der Waals surface area contributed by atoms with Crippen molar-refractivity contribution in [1.82, 2.24) is 5.32 Å². The zero-order valence-electron chi connectivity index (χ0n) is 17.1. The Hall–Kier alpha value is -2.34. The second-order valence-electron chi connectivity index (χ2n) is 7.45. The number of sulfonamides is 1. The van der Waals surface area contributed by atoms with Gasteiger partial charge >= 0.3 is 0 Å². The second kappa shape index (κ2) is 9.73. The topological polar surface area (TPSA) is 66.5 Å². The zero-order chi connectivity index (χ0) is 20.7. The number of nitrogens with zero attached hydrogens (tertiary/aromatic N) is 1. The lowest BCUT2D eigenvalue weighted by Crippen LogP contribution is -2.40. The fourth-order valence-corrected chi connectivity index (χ4v) is 3.74. The Morgan fingerprint density at radius 2 is 1.64 bits per heavy atom. The maximum atomic E-state index is 12.3. The normalized spacial score (nSPS) is 11.5. The maximum Gasteiger partial charge on any atom is 0.240 e. The minimum atomic E-state index is -3.54. The summed E-state index contributed by atoms with van der Waals surface area (Å²) in [7, 11) is -3.54. The van der Waals surface area contributed by atoms with Crippen molar-refractivity contribution in [3.05, 3.63) is 65.2 Å². The minimum absolute atomic E-state index is 0.217. The van der Waals surface area contributed by atoms with Gasteiger partial charge in [0, 0.05) is 6.54 Å². The van der Waals surface area contributed by atoms with Crippen LogP contribution in [0, 0.1) is 6.92 Å². The van der Waals surface area contributed by atoms with E-state index in [4.69, 9.17) is 0 Å². The lowest BCUT2D eigenvalue weighted by molar-refractivity contribution is -0.119. The predicted octanol–water partition coefficient (Wildman–Crippen LogP) is 3.63. The standard InChI is InChI=1S/C22H30N2O3S/c1-17(2)20-11-9-19(10-12-20)6-5-15-23-22(25)16-24(28(4,26)27)21-13-7-18(3)8-14-21/h7-14,17H,5-6,15-16H2,1-4H3,(H,23,25). The van der Waals surface area contributed by atoms with Crippen molar-refractivity contribution in [3.8, 4) is 0 Å². The lowest BCUT2D eigenvalue weighted by Gasteiger charge is -2.22. The lowest BCUT2D eigenvalue weighted by atomic mass is 10.0. The van der Waals surface area contributed by atoms with Gasteiger partial charge in [0.2, 0.25) is 15.9 Å². The SMILES string of the molecule is Cc1ccc(N(CC(=O)NCCCc2ccc(C(C)C)cc2)S(C)(=O)=O)cc1. The van der Waals surface area contributed by atoms with Crippen LogP contribution in [0.2, 0.25) is 0 Å². The molecule has 1 N–H and O–H groups in total. The van der Waals surface area contributed by atoms with Gasteiger partial charge in [-0.3, -0.25) is 9.10 Å². The number of nitrogens with one attached hydrogen (secondary N) is 1. The number of rotatable bonds is 9. The highest BCUT2D eigenvalue weighted by molar-refractivity contribution is 7.92. The van der Waals surface area contributed by atoms with E-state index in [0.717, 1.165) is 29.0 Å². The van der Waals surface area contributed by atoms with E-state index in [0.29, 0.717) is 18.2 Å². The molecule has 0 radical (unpaired) electrons. The highest BCUT2D eigenvalue weighted by atomic mass is 32.2. The Kier molecular flexibility index (Phi) is 7.63. The van der Waals surface area contributed by atoms with E-state index < -0.39 is 10.0 Å². The molecular formula is C22H30N2O3S. The second-order valence-corrected chi connectivity index (χ2v) is 9.36. The van der Waals surface area contributed by atoms with Crippen LogP contribution < -0.4 is 9.62 Å². The fourth-order valence-electron chi connectivity index (χ4n) is 2.89. The molecule has 152 valence electrons. The molecular weight excluding hydrogens is 372 g/mol. The Morgan fingerprint density at radius 3 is 2.18 bits per heavy atom. The van der Waals surface area contributed by atoms with Gasteiger partial charge in [0.15, 0.2) is 0 Å². The monoisotopic (exact) mass is 402 g/mol. The van der Waals surface area contributed by atoms with Crippen LogP contribution in [0.4, 0.5) is 5.69 Å². The summed E-state index contributed by atoms with van der Waals surface area (Å²) in [5.41, 5.74) is 4.07. The summed E-state index contributed by atoms with van der Waals surface area (Å²) in [6, 6.07) is 15.6. The van der Waals surface area contributed by atoms with E-state index in [9.17, 15) is 13.2 Å². The van der Waals surface area contributed by atoms with Crippen molar-refractivity contribution in [2.45, 2.75) is 39.5 Å². The number of carbonyl (C=O) groups is 1. The Bertz CT molecular complexity index is 873. The Morgan fingerprint density at radius 1 is 1.04 bits per heavy atom. The first-order valence-corrected chi connectivity index (χ1v) is 11.4. The van der Waals surface area contributed by atoms with Gasteiger partial charge in [-0.05, 0) is 48.9 Å². The molecule has 0 aliphatic heterocycles. The van der Waals surface area contributed by atoms with Crippen LogP contribution in [0.25, 0.3) is 0 Å². The number of anilines is 1. The molecule has 0 aliphatic rings. The van der Waals surface area contributed by atoms with Gasteiger partial charge in [-0.25, -0.2) is 8.42 Å². The molecule has 2 rings (SSSR count). The van der Waals surface area contributed by atoms with Crippen LogP contribution in [0.5, 0.6) is 0 Å². The van der Waals surface area contributed by atoms with Crippen molar-refractivity contribution < 1.29 is 13.2 Å². The predicted molar refractivity (Wildman–Crippen MR) is 115 cm³/mol. The van der Waals surface area contributed by atoms with Gasteiger partial charge in [0.1, 0.15) is 6.54 Å². The Balaban J connectivity index is 1.85. The van der Waals surface area contributed by atoms with Gasteiger partial charge in [-0.1, -0.05) is 55.8 Å². The third-order valence-electron chi connectivity index (χ3n) is 4.62. The largest absolute Gasteiger partial charge is 0.355 e. The van der Waals surface area contributed by atoms with E-state index in [-0.39, 0.29) is 12.5 Å². The van der Waals surface area contributed by atoms with Gasteiger partial charge in [0.25, 0.3) is 0 Å². The maximum absolute atomic E-state index is 12.3. The van der Waals surface area contributed by atoms with E-state index in [1.54, 1.807) is 12.1 Å². The molecule has 1 amide bonds. The summed E-state index contributed by atoms with van der Waals surface area (Å²) < 4.78 is 25.3. The van der Waals surface area contributed by atoms with Gasteiger partial charge in [-0.2, -0.15) is 0 Å². The number of benzene rings is 2. The van der Waals surface area contributed by atoms with E-state index in [1.165, 1.54) is 11.1 Å². The van der Waals surface area contributed by atoms with E-state index in [1.807, 2.05) is 19.1 Å². The molecule has 0 atom stereocenters. The van der Waals surface area contributed by atoms with Crippen molar-refractivity contribution in [3.63, 3.8) is 0 Å². The molecule has 0 aromatic heterocycles. The average molecular weight is 403 g/mol. The molecule has 6 heteroatoms. The van der Waals surface area contributed by atoms with Crippen molar-refractivity contribution in [2.24, 2.45) is 0 Å². The van der Waals surface area contributed by atoms with Crippen LogP contribution in [0.15, 0.2) is 48.5 Å². The summed E-state index contributed by atoms with van der Waals surface area (Å²) in [4.78, 5) is 12.3. The first kappa shape index (κ1) is 22.0. The van der Waals surface area contributed by atoms with Crippen molar-refractivity contribution >= 4 is 21.6 Å². The molecule has 0 saturated heterocycles. The third kappa shape index (κ3) is 6.68. The number of amides is 1. The molecule has 0 heterocycles. The summed E-state index contributed by atoms with van der Waals surface area (Å²) in [6.45, 7) is 6.56. The molecule has 28 heavy (non-hydrogen) atoms. The van der Waals surface area contributed by atoms with E-state index in [2.05, 4.69) is 43.4 Å². The molecule has 2 aromatic carbocycles. The summed E-state index contributed by atoms with van der Waals surface area (Å²) in [5, 5.41) is 2.82. The Labute approximate surface area is 168 Å². The van der Waals surface area contributed by atoms with Crippen LogP contribution in [0.3, 0.4) is 0 Å². The van der Waals surface area contributed by atoms with Gasteiger partial charge in [-0.15, -0.1) is 0 Å². The van der Waals surface area contributed by atoms with E-state index >= 15 is 0 Å². The first-order chi connectivity index (χ1) is 13.2. The average Bonchev–Trinajstić information content (AvgIpc) is 2.63. The molecule has 5 nitrogen and oxygen atoms in total. The van der Waals surface area contributed by atoms with Crippen molar-refractivity contribution in [1.29, 1.82) is 0 Å². The summed E-state index contributed by atoms with van der Waals surface area (Å²) in [6.07, 6.45) is 2.78. The van der Waals surface area contributed by atoms with Crippen LogP contribution in [-0.4, -0.2) is 33.7 Å². The molecule has 0 bridgehead atoms. The summed E-state index contributed by atoms with van der Waals surface area (Å²) >= 11 is 0. The molecule has 0 spiro atoms. The number of hydrogen-bond acceptors (Lipinski definition) is 3. The third-order valence-corrected chi connectivity index (χ3v) is 5.76. The molecule has 0 fully saturated rings. The quantitative estimate of drug-likeness (QED) is 0.651. The number of carbonyl (C=O) groups excluding carboxylic acids is 1. The van der Waals surface area contributed by atoms with Crippen LogP contribution >= 0.6 is 0 Å². The molecule has 0 aliphatic carbocycles. The highest BCUT2D eigenvalue weighted by Gasteiger charge is 2.20. The molecule has 0 unspecified atom stereocenters. The zero-order valence-corrected chi connectivity index (χ0v) is 17.9. The smallest absolute Gasteiger partial charge is 0.240 e.